The van der Waals surface area contributed by atoms with Gasteiger partial charge in [-0.25, -0.2) is 13.1 Å². The maximum Gasteiger partial charge on any atom is 0.260 e. The van der Waals surface area contributed by atoms with Crippen molar-refractivity contribution in [1.82, 2.24) is 10.0 Å². The van der Waals surface area contributed by atoms with E-state index in [0.717, 1.165) is 5.56 Å². The normalized spacial score (nSPS) is 12.5. The van der Waals surface area contributed by atoms with E-state index < -0.39 is 16.1 Å². The van der Waals surface area contributed by atoms with Gasteiger partial charge in [-0.05, 0) is 51.1 Å². The maximum atomic E-state index is 12.5. The topological polar surface area (TPSA) is 93.7 Å². The van der Waals surface area contributed by atoms with Crippen LogP contribution in [0.15, 0.2) is 53.4 Å². The monoisotopic (exact) mass is 406 g/mol. The van der Waals surface area contributed by atoms with Crippen molar-refractivity contribution in [3.05, 3.63) is 54.1 Å². The van der Waals surface area contributed by atoms with E-state index in [2.05, 4.69) is 10.0 Å². The largest absolute Gasteiger partial charge is 0.496 e. The van der Waals surface area contributed by atoms with Gasteiger partial charge >= 0.3 is 0 Å². The van der Waals surface area contributed by atoms with Crippen molar-refractivity contribution in [3.63, 3.8) is 0 Å². The molecule has 2 N–H and O–H groups in total. The number of carbonyl (C=O) groups is 1. The number of para-hydroxylation sites is 1. The van der Waals surface area contributed by atoms with E-state index in [4.69, 9.17) is 9.47 Å². The number of rotatable bonds is 9. The standard InChI is InChI=1S/C20H26N2O5S/c1-14(2)22-20(23)15(3)27-17-9-11-18(12-10-17)28(24,25)21-13-16-7-5-6-8-19(16)26-4/h5-12,14-15,21H,13H2,1-4H3,(H,22,23)/t15-/m1/s1. The van der Waals surface area contributed by atoms with Crippen molar-refractivity contribution in [1.29, 1.82) is 0 Å². The maximum absolute atomic E-state index is 12.5. The molecule has 0 aliphatic rings. The summed E-state index contributed by atoms with van der Waals surface area (Å²) in [4.78, 5) is 12.0. The number of carbonyl (C=O) groups excluding carboxylic acids is 1. The fourth-order valence-electron chi connectivity index (χ4n) is 2.46. The Kier molecular flexibility index (Phi) is 7.42. The van der Waals surface area contributed by atoms with Gasteiger partial charge in [0.15, 0.2) is 6.10 Å². The molecule has 2 rings (SSSR count). The Morgan fingerprint density at radius 1 is 1.04 bits per heavy atom. The van der Waals surface area contributed by atoms with Crippen LogP contribution in [-0.2, 0) is 21.4 Å². The molecule has 0 fully saturated rings. The second-order valence-corrected chi connectivity index (χ2v) is 8.30. The minimum absolute atomic E-state index is 0.0142. The van der Waals surface area contributed by atoms with Crippen LogP contribution in [0.4, 0.5) is 0 Å². The first kappa shape index (κ1) is 21.7. The van der Waals surface area contributed by atoms with Gasteiger partial charge in [-0.3, -0.25) is 4.79 Å². The molecule has 0 spiro atoms. The number of amides is 1. The van der Waals surface area contributed by atoms with Gasteiger partial charge < -0.3 is 14.8 Å². The Morgan fingerprint density at radius 2 is 1.68 bits per heavy atom. The molecular formula is C20H26N2O5S. The predicted octanol–water partition coefficient (Wildman–Crippen LogP) is 2.47. The second-order valence-electron chi connectivity index (χ2n) is 6.53. The van der Waals surface area contributed by atoms with Crippen LogP contribution >= 0.6 is 0 Å². The van der Waals surface area contributed by atoms with Crippen molar-refractivity contribution in [2.24, 2.45) is 0 Å². The molecule has 152 valence electrons. The average molecular weight is 407 g/mol. The molecule has 2 aromatic rings. The van der Waals surface area contributed by atoms with Crippen molar-refractivity contribution >= 4 is 15.9 Å². The molecule has 0 aliphatic heterocycles. The van der Waals surface area contributed by atoms with Gasteiger partial charge in [0.25, 0.3) is 5.91 Å². The molecule has 0 saturated carbocycles. The van der Waals surface area contributed by atoms with E-state index in [1.165, 1.54) is 31.4 Å². The molecule has 0 unspecified atom stereocenters. The zero-order valence-electron chi connectivity index (χ0n) is 16.4. The van der Waals surface area contributed by atoms with Crippen molar-refractivity contribution < 1.29 is 22.7 Å². The zero-order valence-corrected chi connectivity index (χ0v) is 17.2. The quantitative estimate of drug-likeness (QED) is 0.667. The minimum Gasteiger partial charge on any atom is -0.496 e. The number of methoxy groups -OCH3 is 1. The molecule has 0 radical (unpaired) electrons. The lowest BCUT2D eigenvalue weighted by atomic mass is 10.2. The summed E-state index contributed by atoms with van der Waals surface area (Å²) in [5.41, 5.74) is 0.735. The van der Waals surface area contributed by atoms with E-state index in [-0.39, 0.29) is 23.4 Å². The van der Waals surface area contributed by atoms with Gasteiger partial charge in [0.2, 0.25) is 10.0 Å². The number of nitrogens with one attached hydrogen (secondary N) is 2. The van der Waals surface area contributed by atoms with Crippen molar-refractivity contribution in [2.75, 3.05) is 7.11 Å². The molecule has 1 atom stereocenters. The Labute approximate surface area is 166 Å². The van der Waals surface area contributed by atoms with Gasteiger partial charge in [-0.1, -0.05) is 18.2 Å². The molecule has 0 aliphatic carbocycles. The summed E-state index contributed by atoms with van der Waals surface area (Å²) in [6, 6.07) is 13.1. The predicted molar refractivity (Wildman–Crippen MR) is 107 cm³/mol. The summed E-state index contributed by atoms with van der Waals surface area (Å²) in [6.07, 6.45) is -0.687. The first-order valence-corrected chi connectivity index (χ1v) is 10.4. The number of benzene rings is 2. The Hall–Kier alpha value is -2.58. The molecule has 0 heterocycles. The summed E-state index contributed by atoms with van der Waals surface area (Å²) >= 11 is 0. The lowest BCUT2D eigenvalue weighted by Gasteiger charge is -2.16. The van der Waals surface area contributed by atoms with E-state index in [9.17, 15) is 13.2 Å². The first-order chi connectivity index (χ1) is 13.2. The lowest BCUT2D eigenvalue weighted by Crippen LogP contribution is -2.40. The third kappa shape index (κ3) is 5.97. The highest BCUT2D eigenvalue weighted by Gasteiger charge is 2.17. The van der Waals surface area contributed by atoms with Gasteiger partial charge in [-0.15, -0.1) is 0 Å². The molecule has 0 aromatic heterocycles. The molecular weight excluding hydrogens is 380 g/mol. The Bertz CT molecular complexity index is 895. The molecule has 7 nitrogen and oxygen atoms in total. The van der Waals surface area contributed by atoms with Crippen LogP contribution in [0.2, 0.25) is 0 Å². The number of sulfonamides is 1. The highest BCUT2D eigenvalue weighted by molar-refractivity contribution is 7.89. The van der Waals surface area contributed by atoms with Gasteiger partial charge in [0, 0.05) is 18.2 Å². The Morgan fingerprint density at radius 3 is 2.29 bits per heavy atom. The van der Waals surface area contributed by atoms with Crippen LogP contribution in [0.3, 0.4) is 0 Å². The smallest absolute Gasteiger partial charge is 0.260 e. The molecule has 8 heteroatoms. The summed E-state index contributed by atoms with van der Waals surface area (Å²) < 4.78 is 38.4. The first-order valence-electron chi connectivity index (χ1n) is 8.91. The summed E-state index contributed by atoms with van der Waals surface area (Å²) in [7, 11) is -2.17. The molecule has 0 saturated heterocycles. The van der Waals surface area contributed by atoms with Crippen LogP contribution < -0.4 is 19.5 Å². The molecule has 1 amide bonds. The fourth-order valence-corrected chi connectivity index (χ4v) is 3.47. The minimum atomic E-state index is -3.70. The average Bonchev–Trinajstić information content (AvgIpc) is 2.66. The lowest BCUT2D eigenvalue weighted by molar-refractivity contribution is -0.127. The summed E-state index contributed by atoms with van der Waals surface area (Å²) in [6.45, 7) is 5.47. The van der Waals surface area contributed by atoms with Gasteiger partial charge in [0.1, 0.15) is 11.5 Å². The molecule has 28 heavy (non-hydrogen) atoms. The highest BCUT2D eigenvalue weighted by atomic mass is 32.2. The number of hydrogen-bond acceptors (Lipinski definition) is 5. The van der Waals surface area contributed by atoms with E-state index in [1.54, 1.807) is 19.1 Å². The molecule has 2 aromatic carbocycles. The van der Waals surface area contributed by atoms with Crippen LogP contribution in [0.5, 0.6) is 11.5 Å². The van der Waals surface area contributed by atoms with Crippen molar-refractivity contribution in [3.8, 4) is 11.5 Å². The van der Waals surface area contributed by atoms with Crippen LogP contribution in [0.25, 0.3) is 0 Å². The fraction of sp³-hybridized carbons (Fsp3) is 0.350. The SMILES string of the molecule is COc1ccccc1CNS(=O)(=O)c1ccc(O[C@H](C)C(=O)NC(C)C)cc1. The van der Waals surface area contributed by atoms with Gasteiger partial charge in [0.05, 0.1) is 12.0 Å². The number of ether oxygens (including phenoxy) is 2. The van der Waals surface area contributed by atoms with Crippen LogP contribution in [0.1, 0.15) is 26.3 Å². The third-order valence-electron chi connectivity index (χ3n) is 3.89. The summed E-state index contributed by atoms with van der Waals surface area (Å²) in [5.74, 6) is 0.794. The van der Waals surface area contributed by atoms with E-state index in [1.807, 2.05) is 26.0 Å². The summed E-state index contributed by atoms with van der Waals surface area (Å²) in [5, 5.41) is 2.76. The van der Waals surface area contributed by atoms with E-state index in [0.29, 0.717) is 11.5 Å². The molecule has 0 bridgehead atoms. The zero-order chi connectivity index (χ0) is 20.7. The van der Waals surface area contributed by atoms with Crippen LogP contribution in [-0.4, -0.2) is 33.6 Å². The number of hydrogen-bond donors (Lipinski definition) is 2. The van der Waals surface area contributed by atoms with Gasteiger partial charge in [-0.2, -0.15) is 0 Å². The van der Waals surface area contributed by atoms with Crippen molar-refractivity contribution in [2.45, 2.75) is 44.4 Å². The third-order valence-corrected chi connectivity index (χ3v) is 5.31. The van der Waals surface area contributed by atoms with E-state index >= 15 is 0 Å². The van der Waals surface area contributed by atoms with Crippen LogP contribution in [0, 0.1) is 0 Å². The Balaban J connectivity index is 2.02. The second kappa shape index (κ2) is 9.57. The highest BCUT2D eigenvalue weighted by Crippen LogP contribution is 2.20.